The Hall–Kier alpha value is -6.55. The highest BCUT2D eigenvalue weighted by molar-refractivity contribution is 7.54. The first kappa shape index (κ1) is 33.9. The lowest BCUT2D eigenvalue weighted by Crippen LogP contribution is -2.18. The quantitative estimate of drug-likeness (QED) is 0.145. The van der Waals surface area contributed by atoms with Crippen LogP contribution in [0.15, 0.2) is 218 Å². The number of pyridine rings is 2. The van der Waals surface area contributed by atoms with Gasteiger partial charge in [0.15, 0.2) is 0 Å². The summed E-state index contributed by atoms with van der Waals surface area (Å²) in [5.41, 5.74) is 8.48. The van der Waals surface area contributed by atoms with Crippen LogP contribution in [-0.4, -0.2) is 9.97 Å². The summed E-state index contributed by atoms with van der Waals surface area (Å²) < 4.78 is 0. The number of anilines is 8. The van der Waals surface area contributed by atoms with Gasteiger partial charge in [-0.3, -0.25) is 9.80 Å². The summed E-state index contributed by atoms with van der Waals surface area (Å²) >= 11 is 0. The average Bonchev–Trinajstić information content (AvgIpc) is 3.21. The van der Waals surface area contributed by atoms with Gasteiger partial charge in [-0.2, -0.15) is 0 Å². The average molecular weight is 692 g/mol. The highest BCUT2D eigenvalue weighted by Gasteiger charge is 2.16. The lowest BCUT2D eigenvalue weighted by atomic mass is 10.2. The first-order valence-electron chi connectivity index (χ1n) is 17.2. The van der Waals surface area contributed by atoms with Crippen LogP contribution in [0.2, 0.25) is 0 Å². The second-order valence-electron chi connectivity index (χ2n) is 11.8. The Morgan fingerprint density at radius 1 is 0.308 bits per heavy atom. The summed E-state index contributed by atoms with van der Waals surface area (Å²) in [6.07, 6.45) is 0. The van der Waals surface area contributed by atoms with Gasteiger partial charge in [0.2, 0.25) is 0 Å². The Kier molecular flexibility index (Phi) is 11.4. The first-order valence-corrected chi connectivity index (χ1v) is 18.2. The Balaban J connectivity index is 0.000000271. The fourth-order valence-electron chi connectivity index (χ4n) is 5.71. The second-order valence-corrected chi connectivity index (χ2v) is 13.0. The van der Waals surface area contributed by atoms with Crippen LogP contribution in [0.1, 0.15) is 0 Å². The van der Waals surface area contributed by atoms with E-state index in [9.17, 15) is 0 Å². The van der Waals surface area contributed by atoms with Crippen LogP contribution in [0.3, 0.4) is 0 Å². The van der Waals surface area contributed by atoms with Crippen molar-refractivity contribution in [1.29, 1.82) is 0 Å². The van der Waals surface area contributed by atoms with E-state index in [1.807, 2.05) is 84.9 Å². The van der Waals surface area contributed by atoms with Crippen LogP contribution in [0.4, 0.5) is 45.8 Å². The van der Waals surface area contributed by atoms with Gasteiger partial charge >= 0.3 is 0 Å². The van der Waals surface area contributed by atoms with Gasteiger partial charge in [0.25, 0.3) is 0 Å². The van der Waals surface area contributed by atoms with Crippen molar-refractivity contribution in [2.24, 2.45) is 0 Å². The molecule has 2 aromatic heterocycles. The first-order chi connectivity index (χ1) is 25.8. The van der Waals surface area contributed by atoms with Gasteiger partial charge in [0, 0.05) is 34.1 Å². The predicted molar refractivity (Wildman–Crippen MR) is 222 cm³/mol. The van der Waals surface area contributed by atoms with Crippen molar-refractivity contribution in [2.75, 3.05) is 15.1 Å². The fourth-order valence-corrected chi connectivity index (χ4v) is 6.67. The molecule has 2 heterocycles. The van der Waals surface area contributed by atoms with Gasteiger partial charge in [-0.05, 0) is 106 Å². The number of aromatic nitrogens is 2. The van der Waals surface area contributed by atoms with E-state index in [0.29, 0.717) is 8.58 Å². The van der Waals surface area contributed by atoms with Crippen LogP contribution in [0, 0.1) is 0 Å². The third-order valence-electron chi connectivity index (χ3n) is 8.08. The Morgan fingerprint density at radius 3 is 0.904 bits per heavy atom. The number of rotatable bonds is 10. The lowest BCUT2D eigenvalue weighted by molar-refractivity contribution is 1.19. The molecule has 0 atom stereocenters. The summed E-state index contributed by atoms with van der Waals surface area (Å²) in [7, 11) is 0.310. The lowest BCUT2D eigenvalue weighted by Gasteiger charge is -2.25. The minimum absolute atomic E-state index is 0.310. The molecule has 1 N–H and O–H groups in total. The molecule has 8 aromatic rings. The van der Waals surface area contributed by atoms with Gasteiger partial charge in [0.1, 0.15) is 11.6 Å². The topological polar surface area (TPSA) is 44.3 Å². The van der Waals surface area contributed by atoms with Crippen molar-refractivity contribution < 1.29 is 0 Å². The molecule has 252 valence electrons. The normalized spacial score (nSPS) is 10.4. The van der Waals surface area contributed by atoms with Crippen LogP contribution >= 0.6 is 8.58 Å². The van der Waals surface area contributed by atoms with Gasteiger partial charge in [-0.1, -0.05) is 121 Å². The molecule has 6 heteroatoms. The van der Waals surface area contributed by atoms with E-state index < -0.39 is 0 Å². The largest absolute Gasteiger partial charge is 0.356 e. The smallest absolute Gasteiger partial charge is 0.138 e. The molecule has 0 saturated heterocycles. The number of benzene rings is 6. The molecule has 8 rings (SSSR count). The SMILES string of the molecule is c1ccc(N(c2ccccc2)c2cccc(Pc3cccc(N(c4ccccc4)c4ccccc4)n3)n2)cc1.c1ccc(Nc2ccccc2)cc1. The molecule has 0 saturated carbocycles. The highest BCUT2D eigenvalue weighted by Crippen LogP contribution is 2.34. The van der Waals surface area contributed by atoms with Crippen molar-refractivity contribution in [3.05, 3.63) is 218 Å². The van der Waals surface area contributed by atoms with E-state index in [2.05, 4.69) is 149 Å². The summed E-state index contributed by atoms with van der Waals surface area (Å²) in [5, 5.41) is 3.30. The molecule has 0 spiro atoms. The van der Waals surface area contributed by atoms with Crippen molar-refractivity contribution in [3.8, 4) is 0 Å². The molecule has 6 aromatic carbocycles. The molecule has 0 bridgehead atoms. The third-order valence-corrected chi connectivity index (χ3v) is 9.15. The molecule has 52 heavy (non-hydrogen) atoms. The number of hydrogen-bond donors (Lipinski definition) is 1. The summed E-state index contributed by atoms with van der Waals surface area (Å²) in [6.45, 7) is 0. The Morgan fingerprint density at radius 2 is 0.596 bits per heavy atom. The Bertz CT molecular complexity index is 2000. The molecule has 0 aliphatic heterocycles. The Labute approximate surface area is 307 Å². The number of hydrogen-bond acceptors (Lipinski definition) is 5. The van der Waals surface area contributed by atoms with E-state index in [4.69, 9.17) is 9.97 Å². The maximum Gasteiger partial charge on any atom is 0.138 e. The van der Waals surface area contributed by atoms with Gasteiger partial charge in [-0.25, -0.2) is 9.97 Å². The van der Waals surface area contributed by atoms with Crippen molar-refractivity contribution >= 4 is 65.2 Å². The van der Waals surface area contributed by atoms with Crippen LogP contribution in [-0.2, 0) is 0 Å². The molecule has 0 fully saturated rings. The standard InChI is InChI=1S/C34H27N4P.C12H11N/c1-5-15-27(16-6-1)37(28-17-7-2-8-18-28)31-23-13-25-33(35-31)39-34-26-14-24-32(36-34)38(29-19-9-3-10-20-29)30-21-11-4-12-22-30;1-3-7-11(8-4-1)13-12-9-5-2-6-10-12/h1-26,39H;1-10,13H. The molecule has 0 unspecified atom stereocenters. The number of para-hydroxylation sites is 6. The zero-order valence-corrected chi connectivity index (χ0v) is 29.6. The van der Waals surface area contributed by atoms with Crippen LogP contribution in [0.25, 0.3) is 0 Å². The second kappa shape index (κ2) is 17.4. The van der Waals surface area contributed by atoms with Crippen molar-refractivity contribution in [1.82, 2.24) is 9.97 Å². The minimum atomic E-state index is 0.310. The maximum atomic E-state index is 5.10. The maximum absolute atomic E-state index is 5.10. The molecule has 5 nitrogen and oxygen atoms in total. The van der Waals surface area contributed by atoms with Crippen molar-refractivity contribution in [2.45, 2.75) is 0 Å². The summed E-state index contributed by atoms with van der Waals surface area (Å²) in [5.74, 6) is 1.76. The highest BCUT2D eigenvalue weighted by atomic mass is 31.1. The fraction of sp³-hybridized carbons (Fsp3) is 0. The molecule has 0 amide bonds. The number of nitrogens with one attached hydrogen (secondary N) is 1. The zero-order chi connectivity index (χ0) is 35.2. The zero-order valence-electron chi connectivity index (χ0n) is 28.6. The third kappa shape index (κ3) is 8.97. The van der Waals surface area contributed by atoms with Gasteiger partial charge < -0.3 is 5.32 Å². The van der Waals surface area contributed by atoms with E-state index in [-0.39, 0.29) is 0 Å². The molecular weight excluding hydrogens is 654 g/mol. The predicted octanol–water partition coefficient (Wildman–Crippen LogP) is 11.5. The van der Waals surface area contributed by atoms with E-state index in [0.717, 1.165) is 56.6 Å². The molecule has 0 aliphatic carbocycles. The van der Waals surface area contributed by atoms with Gasteiger partial charge in [0.05, 0.1) is 10.9 Å². The molecular formula is C46H38N5P. The molecule has 0 aliphatic rings. The van der Waals surface area contributed by atoms with Crippen LogP contribution < -0.4 is 26.0 Å². The molecule has 0 radical (unpaired) electrons. The van der Waals surface area contributed by atoms with Gasteiger partial charge in [-0.15, -0.1) is 0 Å². The van der Waals surface area contributed by atoms with Crippen molar-refractivity contribution in [3.63, 3.8) is 0 Å². The van der Waals surface area contributed by atoms with E-state index >= 15 is 0 Å². The van der Waals surface area contributed by atoms with E-state index in [1.165, 1.54) is 0 Å². The minimum Gasteiger partial charge on any atom is -0.356 e. The monoisotopic (exact) mass is 691 g/mol. The summed E-state index contributed by atoms with van der Waals surface area (Å²) in [6, 6.07) is 74.1. The van der Waals surface area contributed by atoms with E-state index in [1.54, 1.807) is 0 Å². The summed E-state index contributed by atoms with van der Waals surface area (Å²) in [4.78, 5) is 14.6. The number of nitrogens with zero attached hydrogens (tertiary/aromatic N) is 4. The van der Waals surface area contributed by atoms with Crippen LogP contribution in [0.5, 0.6) is 0 Å².